The second kappa shape index (κ2) is 6.77. The van der Waals surface area contributed by atoms with E-state index in [4.69, 9.17) is 18.7 Å². The van der Waals surface area contributed by atoms with Crippen molar-refractivity contribution in [2.45, 2.75) is 6.10 Å². The lowest BCUT2D eigenvalue weighted by Crippen LogP contribution is -2.22. The molecule has 4 rings (SSSR count). The predicted molar refractivity (Wildman–Crippen MR) is 83.6 cm³/mol. The van der Waals surface area contributed by atoms with Crippen LogP contribution in [0.25, 0.3) is 11.4 Å². The number of ether oxygens (including phenoxy) is 3. The van der Waals surface area contributed by atoms with Gasteiger partial charge in [0.2, 0.25) is 11.7 Å². The highest BCUT2D eigenvalue weighted by Gasteiger charge is 2.23. The van der Waals surface area contributed by atoms with Crippen LogP contribution >= 0.6 is 0 Å². The van der Waals surface area contributed by atoms with Gasteiger partial charge in [-0.15, -0.1) is 0 Å². The minimum atomic E-state index is -0.311. The second-order valence-corrected chi connectivity index (χ2v) is 5.19. The standard InChI is InChI=1S/C17H15N3O4/c1-2-4-13(5-3-1)23-15-7-6-12(10-18-15)16-19-17(24-20-16)14-11-21-8-9-22-14/h1-7,10,14H,8-9,11H2. The first-order valence-electron chi connectivity index (χ1n) is 7.61. The summed E-state index contributed by atoms with van der Waals surface area (Å²) in [4.78, 5) is 8.63. The summed E-state index contributed by atoms with van der Waals surface area (Å²) in [5, 5.41) is 3.97. The molecule has 122 valence electrons. The van der Waals surface area contributed by atoms with Gasteiger partial charge < -0.3 is 18.7 Å². The van der Waals surface area contributed by atoms with Crippen molar-refractivity contribution in [2.75, 3.05) is 19.8 Å². The van der Waals surface area contributed by atoms with Crippen LogP contribution in [0.3, 0.4) is 0 Å². The molecule has 1 unspecified atom stereocenters. The average molecular weight is 325 g/mol. The maximum Gasteiger partial charge on any atom is 0.258 e. The molecule has 1 fully saturated rings. The number of aromatic nitrogens is 3. The molecule has 1 aliphatic heterocycles. The maximum absolute atomic E-state index is 5.66. The summed E-state index contributed by atoms with van der Waals surface area (Å²) in [5.74, 6) is 2.10. The van der Waals surface area contributed by atoms with Crippen LogP contribution < -0.4 is 4.74 Å². The quantitative estimate of drug-likeness (QED) is 0.729. The van der Waals surface area contributed by atoms with E-state index >= 15 is 0 Å². The van der Waals surface area contributed by atoms with Crippen molar-refractivity contribution in [3.05, 3.63) is 54.6 Å². The number of benzene rings is 1. The van der Waals surface area contributed by atoms with Gasteiger partial charge in [0.1, 0.15) is 5.75 Å². The van der Waals surface area contributed by atoms with E-state index in [1.165, 1.54) is 0 Å². The van der Waals surface area contributed by atoms with Gasteiger partial charge in [-0.3, -0.25) is 0 Å². The summed E-state index contributed by atoms with van der Waals surface area (Å²) in [6.45, 7) is 1.53. The zero-order chi connectivity index (χ0) is 16.2. The first-order chi connectivity index (χ1) is 11.9. The minimum Gasteiger partial charge on any atom is -0.439 e. The number of rotatable bonds is 4. The van der Waals surface area contributed by atoms with E-state index < -0.39 is 0 Å². The molecule has 1 atom stereocenters. The summed E-state index contributed by atoms with van der Waals surface area (Å²) in [6, 6.07) is 13.1. The van der Waals surface area contributed by atoms with E-state index in [2.05, 4.69) is 15.1 Å². The fourth-order valence-electron chi connectivity index (χ4n) is 2.30. The van der Waals surface area contributed by atoms with Crippen molar-refractivity contribution in [2.24, 2.45) is 0 Å². The highest BCUT2D eigenvalue weighted by Crippen LogP contribution is 2.24. The van der Waals surface area contributed by atoms with Crippen molar-refractivity contribution < 1.29 is 18.7 Å². The Bertz CT molecular complexity index is 783. The molecular formula is C17H15N3O4. The van der Waals surface area contributed by atoms with Gasteiger partial charge in [0.05, 0.1) is 19.8 Å². The number of pyridine rings is 1. The van der Waals surface area contributed by atoms with E-state index in [0.717, 1.165) is 11.3 Å². The van der Waals surface area contributed by atoms with Crippen LogP contribution in [0.15, 0.2) is 53.2 Å². The van der Waals surface area contributed by atoms with Crippen molar-refractivity contribution in [3.63, 3.8) is 0 Å². The molecule has 0 N–H and O–H groups in total. The van der Waals surface area contributed by atoms with Gasteiger partial charge in [-0.25, -0.2) is 4.98 Å². The third-order valence-corrected chi connectivity index (χ3v) is 3.49. The Morgan fingerprint density at radius 3 is 2.71 bits per heavy atom. The van der Waals surface area contributed by atoms with Crippen molar-refractivity contribution in [1.29, 1.82) is 0 Å². The summed E-state index contributed by atoms with van der Waals surface area (Å²) in [6.07, 6.45) is 1.33. The van der Waals surface area contributed by atoms with E-state index in [-0.39, 0.29) is 6.10 Å². The number of hydrogen-bond donors (Lipinski definition) is 0. The molecule has 0 saturated carbocycles. The van der Waals surface area contributed by atoms with Crippen molar-refractivity contribution in [3.8, 4) is 23.0 Å². The Kier molecular flexibility index (Phi) is 4.18. The highest BCUT2D eigenvalue weighted by molar-refractivity contribution is 5.53. The van der Waals surface area contributed by atoms with Gasteiger partial charge in [0, 0.05) is 17.8 Å². The van der Waals surface area contributed by atoms with Gasteiger partial charge >= 0.3 is 0 Å². The minimum absolute atomic E-state index is 0.311. The Morgan fingerprint density at radius 1 is 1.04 bits per heavy atom. The third kappa shape index (κ3) is 3.27. The van der Waals surface area contributed by atoms with Crippen molar-refractivity contribution >= 4 is 0 Å². The lowest BCUT2D eigenvalue weighted by atomic mass is 10.2. The van der Waals surface area contributed by atoms with Crippen LogP contribution in [0.2, 0.25) is 0 Å². The van der Waals surface area contributed by atoms with Gasteiger partial charge in [0.15, 0.2) is 6.10 Å². The van der Waals surface area contributed by atoms with E-state index in [1.807, 2.05) is 36.4 Å². The summed E-state index contributed by atoms with van der Waals surface area (Å²) < 4.78 is 21.8. The number of hydrogen-bond acceptors (Lipinski definition) is 7. The highest BCUT2D eigenvalue weighted by atomic mass is 16.6. The van der Waals surface area contributed by atoms with Crippen LogP contribution in [0.4, 0.5) is 0 Å². The molecule has 0 spiro atoms. The lowest BCUT2D eigenvalue weighted by molar-refractivity contribution is -0.101. The fraction of sp³-hybridized carbons (Fsp3) is 0.235. The van der Waals surface area contributed by atoms with Gasteiger partial charge in [-0.1, -0.05) is 23.4 Å². The van der Waals surface area contributed by atoms with Crippen LogP contribution in [0.5, 0.6) is 11.6 Å². The van der Waals surface area contributed by atoms with Crippen LogP contribution in [0, 0.1) is 0 Å². The largest absolute Gasteiger partial charge is 0.439 e. The van der Waals surface area contributed by atoms with E-state index in [9.17, 15) is 0 Å². The molecule has 1 aromatic carbocycles. The van der Waals surface area contributed by atoms with E-state index in [1.54, 1.807) is 12.3 Å². The fourth-order valence-corrected chi connectivity index (χ4v) is 2.30. The van der Waals surface area contributed by atoms with Crippen LogP contribution in [-0.4, -0.2) is 34.9 Å². The molecule has 24 heavy (non-hydrogen) atoms. The zero-order valence-electron chi connectivity index (χ0n) is 12.8. The molecule has 1 saturated heterocycles. The molecule has 7 heteroatoms. The predicted octanol–water partition coefficient (Wildman–Crippen LogP) is 3.01. The van der Waals surface area contributed by atoms with Gasteiger partial charge in [-0.05, 0) is 18.2 Å². The number of nitrogens with zero attached hydrogens (tertiary/aromatic N) is 3. The summed E-state index contributed by atoms with van der Waals surface area (Å²) in [7, 11) is 0. The first-order valence-corrected chi connectivity index (χ1v) is 7.61. The Labute approximate surface area is 138 Å². The molecule has 0 radical (unpaired) electrons. The smallest absolute Gasteiger partial charge is 0.258 e. The van der Waals surface area contributed by atoms with Crippen LogP contribution in [0.1, 0.15) is 12.0 Å². The zero-order valence-corrected chi connectivity index (χ0v) is 12.8. The van der Waals surface area contributed by atoms with E-state index in [0.29, 0.717) is 37.4 Å². The summed E-state index contributed by atoms with van der Waals surface area (Å²) in [5.41, 5.74) is 0.738. The summed E-state index contributed by atoms with van der Waals surface area (Å²) >= 11 is 0. The molecule has 2 aromatic heterocycles. The molecule has 0 aliphatic carbocycles. The second-order valence-electron chi connectivity index (χ2n) is 5.19. The Balaban J connectivity index is 1.47. The monoisotopic (exact) mass is 325 g/mol. The van der Waals surface area contributed by atoms with Crippen molar-refractivity contribution in [1.82, 2.24) is 15.1 Å². The maximum atomic E-state index is 5.66. The SMILES string of the molecule is c1ccc(Oc2ccc(-c3noc(C4COCCO4)n3)cn2)cc1. The normalized spacial score (nSPS) is 17.6. The van der Waals surface area contributed by atoms with Gasteiger partial charge in [0.25, 0.3) is 5.89 Å². The third-order valence-electron chi connectivity index (χ3n) is 3.49. The molecule has 3 heterocycles. The first kappa shape index (κ1) is 14.8. The van der Waals surface area contributed by atoms with Gasteiger partial charge in [-0.2, -0.15) is 4.98 Å². The Hall–Kier alpha value is -2.77. The number of para-hydroxylation sites is 1. The molecule has 3 aromatic rings. The molecule has 7 nitrogen and oxygen atoms in total. The molecule has 0 amide bonds. The lowest BCUT2D eigenvalue weighted by Gasteiger charge is -2.19. The molecule has 0 bridgehead atoms. The topological polar surface area (TPSA) is 79.5 Å². The molecular weight excluding hydrogens is 310 g/mol. The van der Waals surface area contributed by atoms with Crippen LogP contribution in [-0.2, 0) is 9.47 Å². The average Bonchev–Trinajstić information content (AvgIpc) is 3.14. The Morgan fingerprint density at radius 2 is 1.96 bits per heavy atom. The molecule has 1 aliphatic rings.